The Morgan fingerprint density at radius 3 is 2.46 bits per heavy atom. The predicted octanol–water partition coefficient (Wildman–Crippen LogP) is 7.67. The predicted molar refractivity (Wildman–Crippen MR) is 144 cm³/mol. The van der Waals surface area contributed by atoms with Gasteiger partial charge in [0.15, 0.2) is 0 Å². The van der Waals surface area contributed by atoms with Crippen LogP contribution in [0.2, 0.25) is 0 Å². The van der Waals surface area contributed by atoms with Gasteiger partial charge in [0, 0.05) is 42.5 Å². The molecule has 0 fully saturated rings. The smallest absolute Gasteiger partial charge is 0.220 e. The molecule has 4 nitrogen and oxygen atoms in total. The van der Waals surface area contributed by atoms with E-state index in [0.29, 0.717) is 6.42 Å². The zero-order valence-electron chi connectivity index (χ0n) is 20.9. The Hall–Kier alpha value is -3.53. The molecule has 4 rings (SSSR count). The van der Waals surface area contributed by atoms with Crippen LogP contribution in [0.3, 0.4) is 0 Å². The Morgan fingerprint density at radius 2 is 1.66 bits per heavy atom. The van der Waals surface area contributed by atoms with Crippen LogP contribution in [0.1, 0.15) is 63.0 Å². The summed E-state index contributed by atoms with van der Waals surface area (Å²) >= 11 is 0. The van der Waals surface area contributed by atoms with E-state index in [-0.39, 0.29) is 11.8 Å². The summed E-state index contributed by atoms with van der Waals surface area (Å²) in [5, 5.41) is 4.36. The molecule has 4 aromatic rings. The number of aryl methyl sites for hydroxylation is 1. The molecule has 4 heteroatoms. The second-order valence-electron chi connectivity index (χ2n) is 9.04. The molecule has 1 N–H and O–H groups in total. The van der Waals surface area contributed by atoms with Crippen LogP contribution >= 0.6 is 0 Å². The standard InChI is InChI=1S/C31H36N2O2/c1-3-5-6-12-20-32-31(34)22-28(29-23-33(4-2)30-19-11-10-18-27(29)30)24-14-13-17-26(21-24)35-25-15-8-7-9-16-25/h7-11,13-19,21,23,28H,3-6,12,20,22H2,1-2H3,(H,32,34). The molecule has 3 aromatic carbocycles. The van der Waals surface area contributed by atoms with Gasteiger partial charge in [0.05, 0.1) is 0 Å². The van der Waals surface area contributed by atoms with E-state index in [2.05, 4.69) is 66.3 Å². The van der Waals surface area contributed by atoms with E-state index in [0.717, 1.165) is 43.0 Å². The highest BCUT2D eigenvalue weighted by atomic mass is 16.5. The number of para-hydroxylation sites is 2. The molecule has 0 saturated heterocycles. The molecule has 1 unspecified atom stereocenters. The lowest BCUT2D eigenvalue weighted by Crippen LogP contribution is -2.26. The summed E-state index contributed by atoms with van der Waals surface area (Å²) in [6.07, 6.45) is 7.21. The quantitative estimate of drug-likeness (QED) is 0.217. The SMILES string of the molecule is CCCCCCNC(=O)CC(c1cccc(Oc2ccccc2)c1)c1cn(CC)c2ccccc12. The number of carbonyl (C=O) groups excluding carboxylic acids is 1. The van der Waals surface area contributed by atoms with E-state index < -0.39 is 0 Å². The van der Waals surface area contributed by atoms with Crippen molar-refractivity contribution >= 4 is 16.8 Å². The third-order valence-electron chi connectivity index (χ3n) is 6.52. The van der Waals surface area contributed by atoms with Crippen LogP contribution in [0.5, 0.6) is 11.5 Å². The molecule has 0 aliphatic heterocycles. The largest absolute Gasteiger partial charge is 0.457 e. The fourth-order valence-corrected chi connectivity index (χ4v) is 4.68. The fourth-order valence-electron chi connectivity index (χ4n) is 4.68. The lowest BCUT2D eigenvalue weighted by Gasteiger charge is -2.18. The van der Waals surface area contributed by atoms with Crippen LogP contribution in [-0.2, 0) is 11.3 Å². The Kier molecular flexibility index (Phi) is 8.61. The first-order chi connectivity index (χ1) is 17.2. The van der Waals surface area contributed by atoms with Gasteiger partial charge in [0.25, 0.3) is 0 Å². The number of amides is 1. The average molecular weight is 469 g/mol. The van der Waals surface area contributed by atoms with Crippen molar-refractivity contribution in [3.8, 4) is 11.5 Å². The van der Waals surface area contributed by atoms with Gasteiger partial charge in [-0.25, -0.2) is 0 Å². The molecule has 0 bridgehead atoms. The van der Waals surface area contributed by atoms with E-state index in [1.807, 2.05) is 42.5 Å². The van der Waals surface area contributed by atoms with Gasteiger partial charge in [-0.15, -0.1) is 0 Å². The van der Waals surface area contributed by atoms with Crippen molar-refractivity contribution in [2.45, 2.75) is 58.4 Å². The van der Waals surface area contributed by atoms with Gasteiger partial charge in [-0.05, 0) is 54.8 Å². The van der Waals surface area contributed by atoms with Crippen molar-refractivity contribution in [3.63, 3.8) is 0 Å². The molecule has 0 aliphatic carbocycles. The Labute approximate surface area is 208 Å². The summed E-state index contributed by atoms with van der Waals surface area (Å²) in [6.45, 7) is 5.97. The van der Waals surface area contributed by atoms with Crippen LogP contribution in [0.25, 0.3) is 10.9 Å². The summed E-state index contributed by atoms with van der Waals surface area (Å²) in [6, 6.07) is 26.4. The van der Waals surface area contributed by atoms with Crippen molar-refractivity contribution in [2.24, 2.45) is 0 Å². The molecular formula is C31H36N2O2. The van der Waals surface area contributed by atoms with Crippen molar-refractivity contribution < 1.29 is 9.53 Å². The topological polar surface area (TPSA) is 43.3 Å². The zero-order chi connectivity index (χ0) is 24.5. The highest BCUT2D eigenvalue weighted by molar-refractivity contribution is 5.86. The van der Waals surface area contributed by atoms with Gasteiger partial charge >= 0.3 is 0 Å². The van der Waals surface area contributed by atoms with Crippen molar-refractivity contribution in [3.05, 3.63) is 96.2 Å². The van der Waals surface area contributed by atoms with Crippen LogP contribution in [-0.4, -0.2) is 17.0 Å². The van der Waals surface area contributed by atoms with Crippen molar-refractivity contribution in [2.75, 3.05) is 6.54 Å². The van der Waals surface area contributed by atoms with Crippen LogP contribution in [0, 0.1) is 0 Å². The highest BCUT2D eigenvalue weighted by Crippen LogP contribution is 2.36. The summed E-state index contributed by atoms with van der Waals surface area (Å²) in [5.74, 6) is 1.60. The number of carbonyl (C=O) groups is 1. The lowest BCUT2D eigenvalue weighted by molar-refractivity contribution is -0.121. The van der Waals surface area contributed by atoms with Gasteiger partial charge in [-0.3, -0.25) is 4.79 Å². The average Bonchev–Trinajstić information content (AvgIpc) is 3.26. The summed E-state index contributed by atoms with van der Waals surface area (Å²) < 4.78 is 8.39. The molecule has 1 aromatic heterocycles. The maximum atomic E-state index is 13.1. The van der Waals surface area contributed by atoms with Gasteiger partial charge in [0.2, 0.25) is 5.91 Å². The zero-order valence-corrected chi connectivity index (χ0v) is 20.9. The van der Waals surface area contributed by atoms with E-state index in [1.165, 1.54) is 29.3 Å². The van der Waals surface area contributed by atoms with E-state index in [1.54, 1.807) is 0 Å². The Balaban J connectivity index is 1.64. The summed E-state index contributed by atoms with van der Waals surface area (Å²) in [4.78, 5) is 13.1. The van der Waals surface area contributed by atoms with Gasteiger partial charge in [-0.2, -0.15) is 0 Å². The molecule has 0 radical (unpaired) electrons. The molecule has 182 valence electrons. The number of hydrogen-bond acceptors (Lipinski definition) is 2. The third-order valence-corrected chi connectivity index (χ3v) is 6.52. The van der Waals surface area contributed by atoms with Crippen molar-refractivity contribution in [1.29, 1.82) is 0 Å². The Bertz CT molecular complexity index is 1230. The minimum atomic E-state index is -0.0670. The number of aromatic nitrogens is 1. The first kappa shape index (κ1) is 24.6. The number of unbranched alkanes of at least 4 members (excludes halogenated alkanes) is 3. The number of rotatable bonds is 12. The molecule has 0 aliphatic rings. The highest BCUT2D eigenvalue weighted by Gasteiger charge is 2.23. The van der Waals surface area contributed by atoms with Crippen molar-refractivity contribution in [1.82, 2.24) is 9.88 Å². The minimum Gasteiger partial charge on any atom is -0.457 e. The first-order valence-electron chi connectivity index (χ1n) is 12.9. The molecular weight excluding hydrogens is 432 g/mol. The van der Waals surface area contributed by atoms with E-state index in [4.69, 9.17) is 4.74 Å². The second-order valence-corrected chi connectivity index (χ2v) is 9.04. The van der Waals surface area contributed by atoms with E-state index in [9.17, 15) is 4.79 Å². The summed E-state index contributed by atoms with van der Waals surface area (Å²) in [7, 11) is 0. The Morgan fingerprint density at radius 1 is 0.886 bits per heavy atom. The number of nitrogens with zero attached hydrogens (tertiary/aromatic N) is 1. The number of hydrogen-bond donors (Lipinski definition) is 1. The molecule has 0 saturated carbocycles. The van der Waals surface area contributed by atoms with Gasteiger partial charge < -0.3 is 14.6 Å². The van der Waals surface area contributed by atoms with Gasteiger partial charge in [0.1, 0.15) is 11.5 Å². The fraction of sp³-hybridized carbons (Fsp3) is 0.323. The molecule has 1 heterocycles. The molecule has 1 amide bonds. The maximum Gasteiger partial charge on any atom is 0.220 e. The number of fused-ring (bicyclic) bond motifs is 1. The number of benzene rings is 3. The lowest BCUT2D eigenvalue weighted by atomic mass is 9.88. The molecule has 35 heavy (non-hydrogen) atoms. The molecule has 1 atom stereocenters. The van der Waals surface area contributed by atoms with Crippen LogP contribution in [0.4, 0.5) is 0 Å². The summed E-state index contributed by atoms with van der Waals surface area (Å²) in [5.41, 5.74) is 3.46. The maximum absolute atomic E-state index is 13.1. The van der Waals surface area contributed by atoms with Crippen LogP contribution in [0.15, 0.2) is 85.1 Å². The normalized spacial score (nSPS) is 11.9. The third kappa shape index (κ3) is 6.33. The minimum absolute atomic E-state index is 0.0670. The first-order valence-corrected chi connectivity index (χ1v) is 12.9. The number of ether oxygens (including phenoxy) is 1. The van der Waals surface area contributed by atoms with Gasteiger partial charge in [-0.1, -0.05) is 74.7 Å². The van der Waals surface area contributed by atoms with E-state index >= 15 is 0 Å². The number of nitrogens with one attached hydrogen (secondary N) is 1. The molecule has 0 spiro atoms. The monoisotopic (exact) mass is 468 g/mol. The van der Waals surface area contributed by atoms with Crippen LogP contribution < -0.4 is 10.1 Å². The second kappa shape index (κ2) is 12.3.